The molecule has 0 radical (unpaired) electrons. The molecule has 1 rings (SSSR count). The zero-order valence-corrected chi connectivity index (χ0v) is 7.92. The second kappa shape index (κ2) is 4.04. The van der Waals surface area contributed by atoms with Gasteiger partial charge < -0.3 is 5.11 Å². The van der Waals surface area contributed by atoms with E-state index in [-0.39, 0.29) is 17.8 Å². The highest BCUT2D eigenvalue weighted by Crippen LogP contribution is 2.30. The molecule has 1 N–H and O–H groups in total. The van der Waals surface area contributed by atoms with Crippen molar-refractivity contribution in [1.29, 1.82) is 0 Å². The average Bonchev–Trinajstić information content (AvgIpc) is 2.36. The fourth-order valence-electron chi connectivity index (χ4n) is 1.91. The first-order valence-corrected chi connectivity index (χ1v) is 4.79. The number of hydrogen-bond acceptors (Lipinski definition) is 2. The summed E-state index contributed by atoms with van der Waals surface area (Å²) in [6, 6.07) is 0. The van der Waals surface area contributed by atoms with Gasteiger partial charge in [0.25, 0.3) is 0 Å². The molecule has 0 spiro atoms. The SMILES string of the molecule is CC(=O)C(C)CC1CCCC1O. The third kappa shape index (κ3) is 2.31. The van der Waals surface area contributed by atoms with Crippen LogP contribution < -0.4 is 0 Å². The van der Waals surface area contributed by atoms with Gasteiger partial charge in [0.05, 0.1) is 6.10 Å². The van der Waals surface area contributed by atoms with Crippen LogP contribution in [0, 0.1) is 11.8 Å². The molecular weight excluding hydrogens is 152 g/mol. The maximum atomic E-state index is 11.0. The number of carbonyl (C=O) groups excluding carboxylic acids is 1. The van der Waals surface area contributed by atoms with E-state index in [1.54, 1.807) is 6.92 Å². The van der Waals surface area contributed by atoms with Crippen LogP contribution in [0.5, 0.6) is 0 Å². The third-order valence-electron chi connectivity index (χ3n) is 2.97. The third-order valence-corrected chi connectivity index (χ3v) is 2.97. The number of carbonyl (C=O) groups is 1. The lowest BCUT2D eigenvalue weighted by Crippen LogP contribution is -2.19. The number of rotatable bonds is 3. The molecule has 0 aromatic carbocycles. The molecule has 1 fully saturated rings. The highest BCUT2D eigenvalue weighted by Gasteiger charge is 2.27. The van der Waals surface area contributed by atoms with Crippen LogP contribution in [-0.4, -0.2) is 17.0 Å². The summed E-state index contributed by atoms with van der Waals surface area (Å²) in [5, 5.41) is 9.51. The topological polar surface area (TPSA) is 37.3 Å². The molecule has 0 amide bonds. The van der Waals surface area contributed by atoms with Crippen LogP contribution in [0.2, 0.25) is 0 Å². The normalized spacial score (nSPS) is 31.9. The van der Waals surface area contributed by atoms with Crippen molar-refractivity contribution < 1.29 is 9.90 Å². The molecule has 12 heavy (non-hydrogen) atoms. The summed E-state index contributed by atoms with van der Waals surface area (Å²) in [5.74, 6) is 0.751. The Hall–Kier alpha value is -0.370. The van der Waals surface area contributed by atoms with E-state index in [2.05, 4.69) is 0 Å². The van der Waals surface area contributed by atoms with Gasteiger partial charge in [-0.15, -0.1) is 0 Å². The van der Waals surface area contributed by atoms with Crippen molar-refractivity contribution in [1.82, 2.24) is 0 Å². The van der Waals surface area contributed by atoms with Crippen molar-refractivity contribution in [3.8, 4) is 0 Å². The Morgan fingerprint density at radius 3 is 2.67 bits per heavy atom. The molecule has 1 aliphatic rings. The van der Waals surface area contributed by atoms with E-state index in [9.17, 15) is 9.90 Å². The lowest BCUT2D eigenvalue weighted by Gasteiger charge is -2.17. The number of ketones is 1. The van der Waals surface area contributed by atoms with E-state index in [1.165, 1.54) is 0 Å². The first-order valence-electron chi connectivity index (χ1n) is 4.79. The monoisotopic (exact) mass is 170 g/mol. The van der Waals surface area contributed by atoms with Crippen LogP contribution >= 0.6 is 0 Å². The molecule has 70 valence electrons. The molecule has 2 nitrogen and oxygen atoms in total. The van der Waals surface area contributed by atoms with Crippen LogP contribution in [0.15, 0.2) is 0 Å². The van der Waals surface area contributed by atoms with Crippen molar-refractivity contribution in [2.75, 3.05) is 0 Å². The Balaban J connectivity index is 2.35. The van der Waals surface area contributed by atoms with Crippen LogP contribution in [-0.2, 0) is 4.79 Å². The maximum absolute atomic E-state index is 11.0. The molecule has 0 heterocycles. The van der Waals surface area contributed by atoms with Crippen molar-refractivity contribution >= 4 is 5.78 Å². The molecule has 3 atom stereocenters. The molecular formula is C10H18O2. The Bertz CT molecular complexity index is 165. The fraction of sp³-hybridized carbons (Fsp3) is 0.900. The van der Waals surface area contributed by atoms with Gasteiger partial charge in [-0.1, -0.05) is 13.3 Å². The summed E-state index contributed by atoms with van der Waals surface area (Å²) in [7, 11) is 0. The Morgan fingerprint density at radius 2 is 2.25 bits per heavy atom. The lowest BCUT2D eigenvalue weighted by molar-refractivity contribution is -0.120. The molecule has 0 saturated heterocycles. The Labute approximate surface area is 74.0 Å². The van der Waals surface area contributed by atoms with Crippen LogP contribution in [0.25, 0.3) is 0 Å². The second-order valence-corrected chi connectivity index (χ2v) is 4.01. The first-order chi connectivity index (χ1) is 5.61. The predicted octanol–water partition coefficient (Wildman–Crippen LogP) is 1.76. The van der Waals surface area contributed by atoms with E-state index in [1.807, 2.05) is 6.92 Å². The first kappa shape index (κ1) is 9.72. The quantitative estimate of drug-likeness (QED) is 0.700. The van der Waals surface area contributed by atoms with Gasteiger partial charge in [-0.05, 0) is 32.1 Å². The largest absolute Gasteiger partial charge is 0.393 e. The van der Waals surface area contributed by atoms with E-state index < -0.39 is 0 Å². The lowest BCUT2D eigenvalue weighted by atomic mass is 9.91. The summed E-state index contributed by atoms with van der Waals surface area (Å²) < 4.78 is 0. The minimum atomic E-state index is -0.146. The van der Waals surface area contributed by atoms with Crippen molar-refractivity contribution in [2.24, 2.45) is 11.8 Å². The predicted molar refractivity (Wildman–Crippen MR) is 47.8 cm³/mol. The molecule has 3 unspecified atom stereocenters. The number of aliphatic hydroxyl groups is 1. The Morgan fingerprint density at radius 1 is 1.58 bits per heavy atom. The van der Waals surface area contributed by atoms with Crippen molar-refractivity contribution in [2.45, 2.75) is 45.6 Å². The average molecular weight is 170 g/mol. The Kier molecular flexibility index (Phi) is 3.27. The van der Waals surface area contributed by atoms with Crippen molar-refractivity contribution in [3.05, 3.63) is 0 Å². The van der Waals surface area contributed by atoms with E-state index in [0.717, 1.165) is 25.7 Å². The minimum absolute atomic E-state index is 0.128. The van der Waals surface area contributed by atoms with Gasteiger partial charge in [0, 0.05) is 5.92 Å². The van der Waals surface area contributed by atoms with E-state index >= 15 is 0 Å². The highest BCUT2D eigenvalue weighted by molar-refractivity contribution is 5.77. The van der Waals surface area contributed by atoms with Crippen LogP contribution in [0.3, 0.4) is 0 Å². The summed E-state index contributed by atoms with van der Waals surface area (Å²) >= 11 is 0. The zero-order chi connectivity index (χ0) is 9.14. The van der Waals surface area contributed by atoms with Gasteiger partial charge in [0.1, 0.15) is 5.78 Å². The van der Waals surface area contributed by atoms with Gasteiger partial charge in [-0.2, -0.15) is 0 Å². The summed E-state index contributed by atoms with van der Waals surface area (Å²) in [4.78, 5) is 11.0. The van der Waals surface area contributed by atoms with Gasteiger partial charge in [-0.3, -0.25) is 4.79 Å². The smallest absolute Gasteiger partial charge is 0.132 e. The number of aliphatic hydroxyl groups excluding tert-OH is 1. The molecule has 0 bridgehead atoms. The highest BCUT2D eigenvalue weighted by atomic mass is 16.3. The van der Waals surface area contributed by atoms with Gasteiger partial charge in [-0.25, -0.2) is 0 Å². The van der Waals surface area contributed by atoms with Gasteiger partial charge >= 0.3 is 0 Å². The summed E-state index contributed by atoms with van der Waals surface area (Å²) in [6.07, 6.45) is 3.87. The fourth-order valence-corrected chi connectivity index (χ4v) is 1.91. The maximum Gasteiger partial charge on any atom is 0.132 e. The van der Waals surface area contributed by atoms with Gasteiger partial charge in [0.2, 0.25) is 0 Å². The molecule has 1 aliphatic carbocycles. The standard InChI is InChI=1S/C10H18O2/c1-7(8(2)11)6-9-4-3-5-10(9)12/h7,9-10,12H,3-6H2,1-2H3. The second-order valence-electron chi connectivity index (χ2n) is 4.01. The minimum Gasteiger partial charge on any atom is -0.393 e. The molecule has 2 heteroatoms. The zero-order valence-electron chi connectivity index (χ0n) is 7.92. The number of Topliss-reactive ketones (excluding diaryl/α,β-unsaturated/α-hetero) is 1. The molecule has 0 aromatic rings. The van der Waals surface area contributed by atoms with Crippen LogP contribution in [0.1, 0.15) is 39.5 Å². The van der Waals surface area contributed by atoms with Crippen molar-refractivity contribution in [3.63, 3.8) is 0 Å². The molecule has 1 saturated carbocycles. The number of hydrogen-bond donors (Lipinski definition) is 1. The van der Waals surface area contributed by atoms with Crippen LogP contribution in [0.4, 0.5) is 0 Å². The van der Waals surface area contributed by atoms with E-state index in [4.69, 9.17) is 0 Å². The molecule has 0 aromatic heterocycles. The molecule has 0 aliphatic heterocycles. The van der Waals surface area contributed by atoms with Gasteiger partial charge in [0.15, 0.2) is 0 Å². The van der Waals surface area contributed by atoms with E-state index in [0.29, 0.717) is 5.92 Å². The summed E-state index contributed by atoms with van der Waals surface area (Å²) in [6.45, 7) is 3.58. The summed E-state index contributed by atoms with van der Waals surface area (Å²) in [5.41, 5.74) is 0.